The molecule has 0 saturated heterocycles. The number of benzene rings is 1. The maximum atomic E-state index is 13.0. The highest BCUT2D eigenvalue weighted by atomic mass is 32.2. The van der Waals surface area contributed by atoms with Crippen LogP contribution in [0.25, 0.3) is 0 Å². The molecule has 0 aliphatic heterocycles. The van der Waals surface area contributed by atoms with E-state index < -0.39 is 27.9 Å². The van der Waals surface area contributed by atoms with Crippen molar-refractivity contribution < 1.29 is 23.1 Å². The Kier molecular flexibility index (Phi) is 7.31. The van der Waals surface area contributed by atoms with Crippen LogP contribution in [0.5, 0.6) is 0 Å². The Morgan fingerprint density at radius 1 is 1.31 bits per heavy atom. The van der Waals surface area contributed by atoms with E-state index in [-0.39, 0.29) is 22.7 Å². The fourth-order valence-corrected chi connectivity index (χ4v) is 4.39. The highest BCUT2D eigenvalue weighted by Gasteiger charge is 2.30. The molecule has 1 atom stereocenters. The molecule has 1 heterocycles. The fraction of sp³-hybridized carbons (Fsp3) is 0.389. The molecule has 2 aromatic rings. The first-order valence-corrected chi connectivity index (χ1v) is 11.5. The Bertz CT molecular complexity index is 986. The summed E-state index contributed by atoms with van der Waals surface area (Å²) in [6.45, 7) is 1.85. The Hall–Kier alpha value is -2.53. The number of aryl methyl sites for hydroxylation is 2. The first-order valence-electron chi connectivity index (χ1n) is 8.69. The summed E-state index contributed by atoms with van der Waals surface area (Å²) in [5, 5.41) is 15.8. The van der Waals surface area contributed by atoms with Gasteiger partial charge in [-0.15, -0.1) is 0 Å². The number of hydrogen-bond donors (Lipinski definition) is 2. The Morgan fingerprint density at radius 3 is 2.48 bits per heavy atom. The maximum absolute atomic E-state index is 13.0. The molecule has 1 aromatic carbocycles. The molecule has 2 N–H and O–H groups in total. The lowest BCUT2D eigenvalue weighted by atomic mass is 10.2. The van der Waals surface area contributed by atoms with Gasteiger partial charge in [0.05, 0.1) is 11.1 Å². The Morgan fingerprint density at radius 2 is 1.93 bits per heavy atom. The zero-order valence-electron chi connectivity index (χ0n) is 16.6. The molecule has 0 saturated carbocycles. The Labute approximate surface area is 174 Å². The zero-order valence-corrected chi connectivity index (χ0v) is 18.2. The van der Waals surface area contributed by atoms with E-state index in [0.29, 0.717) is 5.75 Å². The summed E-state index contributed by atoms with van der Waals surface area (Å²) in [7, 11) is -1.11. The molecule has 1 unspecified atom stereocenters. The highest BCUT2D eigenvalue weighted by Crippen LogP contribution is 2.25. The van der Waals surface area contributed by atoms with Gasteiger partial charge in [0.25, 0.3) is 15.9 Å². The number of rotatable bonds is 9. The van der Waals surface area contributed by atoms with Crippen molar-refractivity contribution in [2.45, 2.75) is 24.3 Å². The van der Waals surface area contributed by atoms with E-state index in [1.807, 2.05) is 13.2 Å². The van der Waals surface area contributed by atoms with E-state index in [1.165, 1.54) is 48.9 Å². The SMILES string of the molecule is CSCCC(NC(=O)c1cnn(C)c1N(C)S(=O)(=O)c1ccc(C)cc1)C(=O)O. The molecule has 158 valence electrons. The molecular formula is C18H24N4O5S2. The van der Waals surface area contributed by atoms with E-state index in [2.05, 4.69) is 10.4 Å². The minimum absolute atomic E-state index is 0.0268. The number of anilines is 1. The quantitative estimate of drug-likeness (QED) is 0.606. The summed E-state index contributed by atoms with van der Waals surface area (Å²) in [4.78, 5) is 24.2. The van der Waals surface area contributed by atoms with Gasteiger partial charge in [0.1, 0.15) is 11.6 Å². The van der Waals surface area contributed by atoms with Crippen LogP contribution in [-0.4, -0.2) is 60.3 Å². The normalized spacial score (nSPS) is 12.4. The monoisotopic (exact) mass is 440 g/mol. The van der Waals surface area contributed by atoms with Crippen LogP contribution in [0.1, 0.15) is 22.3 Å². The van der Waals surface area contributed by atoms with Crippen molar-refractivity contribution >= 4 is 39.5 Å². The van der Waals surface area contributed by atoms with E-state index in [9.17, 15) is 23.1 Å². The molecule has 1 amide bonds. The summed E-state index contributed by atoms with van der Waals surface area (Å²) in [6, 6.07) is 5.25. The number of carbonyl (C=O) groups excluding carboxylic acids is 1. The highest BCUT2D eigenvalue weighted by molar-refractivity contribution is 7.98. The van der Waals surface area contributed by atoms with Crippen LogP contribution in [0, 0.1) is 6.92 Å². The third kappa shape index (κ3) is 5.10. The van der Waals surface area contributed by atoms with E-state index in [4.69, 9.17) is 0 Å². The third-order valence-corrected chi connectivity index (χ3v) is 6.75. The van der Waals surface area contributed by atoms with Gasteiger partial charge in [-0.3, -0.25) is 13.8 Å². The van der Waals surface area contributed by atoms with Gasteiger partial charge in [0, 0.05) is 14.1 Å². The first-order chi connectivity index (χ1) is 13.6. The van der Waals surface area contributed by atoms with Gasteiger partial charge in [-0.05, 0) is 37.5 Å². The van der Waals surface area contributed by atoms with Gasteiger partial charge < -0.3 is 10.4 Å². The van der Waals surface area contributed by atoms with Crippen molar-refractivity contribution in [3.8, 4) is 0 Å². The lowest BCUT2D eigenvalue weighted by Crippen LogP contribution is -2.41. The summed E-state index contributed by atoms with van der Waals surface area (Å²) < 4.78 is 28.2. The van der Waals surface area contributed by atoms with Crippen LogP contribution in [0.3, 0.4) is 0 Å². The molecule has 29 heavy (non-hydrogen) atoms. The van der Waals surface area contributed by atoms with Crippen molar-refractivity contribution in [1.29, 1.82) is 0 Å². The molecule has 0 bridgehead atoms. The lowest BCUT2D eigenvalue weighted by Gasteiger charge is -2.21. The number of hydrogen-bond acceptors (Lipinski definition) is 6. The van der Waals surface area contributed by atoms with Gasteiger partial charge in [0.15, 0.2) is 5.82 Å². The Balaban J connectivity index is 2.36. The molecule has 0 fully saturated rings. The minimum atomic E-state index is -3.94. The molecule has 9 nitrogen and oxygen atoms in total. The number of aromatic nitrogens is 2. The van der Waals surface area contributed by atoms with Gasteiger partial charge >= 0.3 is 5.97 Å². The lowest BCUT2D eigenvalue weighted by molar-refractivity contribution is -0.139. The number of carbonyl (C=O) groups is 2. The average Bonchev–Trinajstić information content (AvgIpc) is 3.05. The van der Waals surface area contributed by atoms with Crippen LogP contribution in [0.4, 0.5) is 5.82 Å². The van der Waals surface area contributed by atoms with Gasteiger partial charge in [-0.1, -0.05) is 17.7 Å². The third-order valence-electron chi connectivity index (χ3n) is 4.34. The fourth-order valence-electron chi connectivity index (χ4n) is 2.68. The number of sulfonamides is 1. The summed E-state index contributed by atoms with van der Waals surface area (Å²) >= 11 is 1.47. The van der Waals surface area contributed by atoms with Gasteiger partial charge in [-0.25, -0.2) is 13.2 Å². The van der Waals surface area contributed by atoms with Crippen LogP contribution in [-0.2, 0) is 21.9 Å². The molecule has 0 spiro atoms. The predicted molar refractivity (Wildman–Crippen MR) is 112 cm³/mol. The number of nitrogens with zero attached hydrogens (tertiary/aromatic N) is 3. The molecule has 0 radical (unpaired) electrons. The van der Waals surface area contributed by atoms with Crippen LogP contribution in [0.2, 0.25) is 0 Å². The summed E-state index contributed by atoms with van der Waals surface area (Å²) in [5.41, 5.74) is 0.887. The number of nitrogens with one attached hydrogen (secondary N) is 1. The molecule has 0 aliphatic carbocycles. The zero-order chi connectivity index (χ0) is 21.8. The first kappa shape index (κ1) is 22.8. The maximum Gasteiger partial charge on any atom is 0.326 e. The molecule has 2 rings (SSSR count). The predicted octanol–water partition coefficient (Wildman–Crippen LogP) is 1.49. The molecular weight excluding hydrogens is 416 g/mol. The molecule has 11 heteroatoms. The van der Waals surface area contributed by atoms with Crippen molar-refractivity contribution in [3.63, 3.8) is 0 Å². The van der Waals surface area contributed by atoms with Crippen molar-refractivity contribution in [3.05, 3.63) is 41.6 Å². The molecule has 1 aromatic heterocycles. The number of carboxylic acid groups (broad SMARTS) is 1. The number of carboxylic acids is 1. The van der Waals surface area contributed by atoms with E-state index in [1.54, 1.807) is 12.1 Å². The topological polar surface area (TPSA) is 122 Å². The molecule has 0 aliphatic rings. The second kappa shape index (κ2) is 9.31. The van der Waals surface area contributed by atoms with Crippen LogP contribution in [0.15, 0.2) is 35.4 Å². The summed E-state index contributed by atoms with van der Waals surface area (Å²) in [5.74, 6) is -1.26. The van der Waals surface area contributed by atoms with E-state index in [0.717, 1.165) is 9.87 Å². The summed E-state index contributed by atoms with van der Waals surface area (Å²) in [6.07, 6.45) is 3.31. The standard InChI is InChI=1S/C18H24N4O5S2/c1-12-5-7-13(8-6-12)29(26,27)22(3)17-14(11-19-21(17)2)16(23)20-15(18(24)25)9-10-28-4/h5-8,11,15H,9-10H2,1-4H3,(H,20,23)(H,24,25). The van der Waals surface area contributed by atoms with Crippen molar-refractivity contribution in [2.75, 3.05) is 23.4 Å². The largest absolute Gasteiger partial charge is 0.480 e. The van der Waals surface area contributed by atoms with Crippen molar-refractivity contribution in [2.24, 2.45) is 7.05 Å². The minimum Gasteiger partial charge on any atom is -0.480 e. The number of aliphatic carboxylic acids is 1. The number of amides is 1. The van der Waals surface area contributed by atoms with Crippen molar-refractivity contribution in [1.82, 2.24) is 15.1 Å². The van der Waals surface area contributed by atoms with E-state index >= 15 is 0 Å². The second-order valence-corrected chi connectivity index (χ2v) is 9.39. The average molecular weight is 441 g/mol. The van der Waals surface area contributed by atoms with Gasteiger partial charge in [0.2, 0.25) is 0 Å². The van der Waals surface area contributed by atoms with Crippen LogP contribution >= 0.6 is 11.8 Å². The van der Waals surface area contributed by atoms with Gasteiger partial charge in [-0.2, -0.15) is 16.9 Å². The second-order valence-electron chi connectivity index (χ2n) is 6.44. The smallest absolute Gasteiger partial charge is 0.326 e. The van der Waals surface area contributed by atoms with Crippen LogP contribution < -0.4 is 9.62 Å². The number of thioether (sulfide) groups is 1.